The molecule has 3 heteroatoms. The Bertz CT molecular complexity index is 535. The first-order valence-electron chi connectivity index (χ1n) is 5.39. The van der Waals surface area contributed by atoms with Crippen molar-refractivity contribution in [3.8, 4) is 11.1 Å². The van der Waals surface area contributed by atoms with E-state index in [9.17, 15) is 4.79 Å². The van der Waals surface area contributed by atoms with Gasteiger partial charge in [-0.05, 0) is 35.7 Å². The maximum absolute atomic E-state index is 11.4. The van der Waals surface area contributed by atoms with E-state index in [-0.39, 0.29) is 5.91 Å². The van der Waals surface area contributed by atoms with Gasteiger partial charge in [0.05, 0.1) is 0 Å². The molecule has 0 aliphatic rings. The van der Waals surface area contributed by atoms with Gasteiger partial charge in [-0.3, -0.25) is 10.2 Å². The minimum atomic E-state index is -0.271. The van der Waals surface area contributed by atoms with Crippen LogP contribution in [0.15, 0.2) is 48.5 Å². The summed E-state index contributed by atoms with van der Waals surface area (Å²) in [6, 6.07) is 15.6. The molecule has 0 saturated carbocycles. The van der Waals surface area contributed by atoms with Crippen molar-refractivity contribution < 1.29 is 4.79 Å². The zero-order valence-corrected chi connectivity index (χ0v) is 9.60. The highest BCUT2D eigenvalue weighted by atomic mass is 16.2. The fourth-order valence-electron chi connectivity index (χ4n) is 1.83. The van der Waals surface area contributed by atoms with Crippen LogP contribution in [-0.4, -0.2) is 5.91 Å². The highest BCUT2D eigenvalue weighted by Gasteiger charge is 2.06. The van der Waals surface area contributed by atoms with Gasteiger partial charge in [-0.25, -0.2) is 5.84 Å². The first-order chi connectivity index (χ1) is 8.22. The first-order valence-corrected chi connectivity index (χ1v) is 5.39. The quantitative estimate of drug-likeness (QED) is 0.469. The summed E-state index contributed by atoms with van der Waals surface area (Å²) in [5.41, 5.74) is 6.02. The molecule has 0 spiro atoms. The molecule has 86 valence electrons. The molecule has 0 atom stereocenters. The number of nitrogen functional groups attached to an aromatic ring is 1. The van der Waals surface area contributed by atoms with E-state index in [1.807, 2.05) is 49.4 Å². The van der Waals surface area contributed by atoms with Gasteiger partial charge in [-0.1, -0.05) is 36.4 Å². The van der Waals surface area contributed by atoms with Gasteiger partial charge in [0.1, 0.15) is 0 Å². The van der Waals surface area contributed by atoms with Gasteiger partial charge < -0.3 is 0 Å². The molecule has 0 saturated heterocycles. The molecule has 0 aliphatic carbocycles. The van der Waals surface area contributed by atoms with Crippen LogP contribution in [-0.2, 0) is 0 Å². The normalized spacial score (nSPS) is 10.0. The van der Waals surface area contributed by atoms with Gasteiger partial charge >= 0.3 is 0 Å². The van der Waals surface area contributed by atoms with Crippen LogP contribution in [0.5, 0.6) is 0 Å². The number of nitrogens with two attached hydrogens (primary N) is 1. The monoisotopic (exact) mass is 226 g/mol. The second kappa shape index (κ2) is 4.80. The molecule has 2 aromatic carbocycles. The van der Waals surface area contributed by atoms with Crippen LogP contribution >= 0.6 is 0 Å². The van der Waals surface area contributed by atoms with Crippen LogP contribution in [0.1, 0.15) is 15.9 Å². The Morgan fingerprint density at radius 1 is 1.12 bits per heavy atom. The molecule has 0 aromatic heterocycles. The minimum Gasteiger partial charge on any atom is -0.290 e. The number of benzene rings is 2. The molecule has 0 heterocycles. The van der Waals surface area contributed by atoms with Gasteiger partial charge in [0, 0.05) is 5.56 Å². The number of nitrogens with one attached hydrogen (secondary N) is 1. The van der Waals surface area contributed by atoms with Crippen molar-refractivity contribution in [1.82, 2.24) is 5.43 Å². The number of aryl methyl sites for hydroxylation is 1. The second-order valence-corrected chi connectivity index (χ2v) is 3.87. The SMILES string of the molecule is Cc1cc(C(=O)NN)ccc1-c1ccccc1. The summed E-state index contributed by atoms with van der Waals surface area (Å²) >= 11 is 0. The maximum Gasteiger partial charge on any atom is 0.265 e. The molecule has 2 rings (SSSR count). The van der Waals surface area contributed by atoms with Crippen molar-refractivity contribution in [3.05, 3.63) is 59.7 Å². The summed E-state index contributed by atoms with van der Waals surface area (Å²) in [5.74, 6) is 4.83. The molecule has 0 aliphatic heterocycles. The van der Waals surface area contributed by atoms with Gasteiger partial charge in [-0.15, -0.1) is 0 Å². The molecule has 0 radical (unpaired) electrons. The topological polar surface area (TPSA) is 55.1 Å². The number of hydrogen-bond acceptors (Lipinski definition) is 2. The van der Waals surface area contributed by atoms with E-state index in [1.54, 1.807) is 6.07 Å². The van der Waals surface area contributed by atoms with Crippen molar-refractivity contribution in [2.24, 2.45) is 5.84 Å². The molecule has 2 aromatic rings. The number of hydrazine groups is 1. The number of amides is 1. The van der Waals surface area contributed by atoms with E-state index in [2.05, 4.69) is 5.43 Å². The summed E-state index contributed by atoms with van der Waals surface area (Å²) in [6.45, 7) is 1.98. The maximum atomic E-state index is 11.4. The summed E-state index contributed by atoms with van der Waals surface area (Å²) in [5, 5.41) is 0. The third-order valence-electron chi connectivity index (χ3n) is 2.70. The van der Waals surface area contributed by atoms with Crippen molar-refractivity contribution in [2.45, 2.75) is 6.92 Å². The summed E-state index contributed by atoms with van der Waals surface area (Å²) < 4.78 is 0. The fourth-order valence-corrected chi connectivity index (χ4v) is 1.83. The van der Waals surface area contributed by atoms with Crippen LogP contribution in [0.25, 0.3) is 11.1 Å². The van der Waals surface area contributed by atoms with E-state index in [4.69, 9.17) is 5.84 Å². The van der Waals surface area contributed by atoms with E-state index < -0.39 is 0 Å². The zero-order chi connectivity index (χ0) is 12.3. The Balaban J connectivity index is 2.42. The lowest BCUT2D eigenvalue weighted by molar-refractivity contribution is 0.0953. The fraction of sp³-hybridized carbons (Fsp3) is 0.0714. The molecular formula is C14H14N2O. The average Bonchev–Trinajstić information content (AvgIpc) is 2.38. The predicted molar refractivity (Wildman–Crippen MR) is 68.3 cm³/mol. The molecule has 3 N–H and O–H groups in total. The minimum absolute atomic E-state index is 0.271. The van der Waals surface area contributed by atoms with Crippen LogP contribution in [0, 0.1) is 6.92 Å². The van der Waals surface area contributed by atoms with Crippen molar-refractivity contribution in [1.29, 1.82) is 0 Å². The van der Waals surface area contributed by atoms with E-state index in [0.29, 0.717) is 5.56 Å². The van der Waals surface area contributed by atoms with Gasteiger partial charge in [-0.2, -0.15) is 0 Å². The smallest absolute Gasteiger partial charge is 0.265 e. The van der Waals surface area contributed by atoms with Crippen LogP contribution in [0.2, 0.25) is 0 Å². The number of rotatable bonds is 2. The average molecular weight is 226 g/mol. The predicted octanol–water partition coefficient (Wildman–Crippen LogP) is 2.27. The Hall–Kier alpha value is -2.13. The van der Waals surface area contributed by atoms with Crippen LogP contribution in [0.4, 0.5) is 0 Å². The van der Waals surface area contributed by atoms with Gasteiger partial charge in [0.15, 0.2) is 0 Å². The third-order valence-corrected chi connectivity index (χ3v) is 2.70. The Kier molecular flexibility index (Phi) is 3.21. The molecule has 17 heavy (non-hydrogen) atoms. The highest BCUT2D eigenvalue weighted by molar-refractivity contribution is 5.94. The highest BCUT2D eigenvalue weighted by Crippen LogP contribution is 2.23. The van der Waals surface area contributed by atoms with Crippen molar-refractivity contribution in [2.75, 3.05) is 0 Å². The molecule has 3 nitrogen and oxygen atoms in total. The summed E-state index contributed by atoms with van der Waals surface area (Å²) in [7, 11) is 0. The molecule has 0 unspecified atom stereocenters. The molecule has 1 amide bonds. The summed E-state index contributed by atoms with van der Waals surface area (Å²) in [4.78, 5) is 11.4. The van der Waals surface area contributed by atoms with Crippen molar-refractivity contribution >= 4 is 5.91 Å². The summed E-state index contributed by atoms with van der Waals surface area (Å²) in [6.07, 6.45) is 0. The van der Waals surface area contributed by atoms with Gasteiger partial charge in [0.2, 0.25) is 0 Å². The lowest BCUT2D eigenvalue weighted by atomic mass is 9.98. The number of hydrogen-bond donors (Lipinski definition) is 2. The molecule has 0 bridgehead atoms. The van der Waals surface area contributed by atoms with Gasteiger partial charge in [0.25, 0.3) is 5.91 Å². The van der Waals surface area contributed by atoms with E-state index in [0.717, 1.165) is 16.7 Å². The van der Waals surface area contributed by atoms with Crippen LogP contribution in [0.3, 0.4) is 0 Å². The van der Waals surface area contributed by atoms with E-state index in [1.165, 1.54) is 0 Å². The number of carbonyl (C=O) groups is 1. The van der Waals surface area contributed by atoms with Crippen molar-refractivity contribution in [3.63, 3.8) is 0 Å². The first kappa shape index (κ1) is 11.4. The lowest BCUT2D eigenvalue weighted by Gasteiger charge is -2.08. The Morgan fingerprint density at radius 2 is 1.82 bits per heavy atom. The molecule has 0 fully saturated rings. The second-order valence-electron chi connectivity index (χ2n) is 3.87. The van der Waals surface area contributed by atoms with E-state index >= 15 is 0 Å². The standard InChI is InChI=1S/C14H14N2O/c1-10-9-12(14(17)16-15)7-8-13(10)11-5-3-2-4-6-11/h2-9H,15H2,1H3,(H,16,17). The van der Waals surface area contributed by atoms with Crippen LogP contribution < -0.4 is 11.3 Å². The largest absolute Gasteiger partial charge is 0.290 e. The Morgan fingerprint density at radius 3 is 2.41 bits per heavy atom. The molecular weight excluding hydrogens is 212 g/mol. The zero-order valence-electron chi connectivity index (χ0n) is 9.60. The lowest BCUT2D eigenvalue weighted by Crippen LogP contribution is -2.29. The Labute approximate surface area is 100 Å². The third kappa shape index (κ3) is 2.34. The number of carbonyl (C=O) groups excluding carboxylic acids is 1.